The van der Waals surface area contributed by atoms with Crippen LogP contribution in [-0.2, 0) is 4.79 Å². The molecule has 0 saturated carbocycles. The number of rotatable bonds is 6. The Kier molecular flexibility index (Phi) is 6.72. The van der Waals surface area contributed by atoms with Crippen LogP contribution in [0.3, 0.4) is 0 Å². The fourth-order valence-electron chi connectivity index (χ4n) is 2.49. The third-order valence-electron chi connectivity index (χ3n) is 3.74. The highest BCUT2D eigenvalue weighted by Crippen LogP contribution is 2.19. The van der Waals surface area contributed by atoms with Gasteiger partial charge in [-0.05, 0) is 50.3 Å². The quantitative estimate of drug-likeness (QED) is 0.699. The minimum Gasteiger partial charge on any atom is -0.374 e. The third-order valence-corrected chi connectivity index (χ3v) is 3.74. The van der Waals surface area contributed by atoms with Crippen molar-refractivity contribution < 1.29 is 18.4 Å². The molecule has 3 N–H and O–H groups in total. The first kappa shape index (κ1) is 17.9. The Morgan fingerprint density at radius 2 is 2.00 bits per heavy atom. The summed E-state index contributed by atoms with van der Waals surface area (Å²) in [5.41, 5.74) is 1.20. The highest BCUT2D eigenvalue weighted by molar-refractivity contribution is 5.96. The van der Waals surface area contributed by atoms with Crippen molar-refractivity contribution in [2.24, 2.45) is 0 Å². The fourth-order valence-corrected chi connectivity index (χ4v) is 2.49. The molecule has 1 aliphatic carbocycles. The number of carbonyl (C=O) groups is 2. The molecule has 7 heteroatoms. The van der Waals surface area contributed by atoms with Crippen molar-refractivity contribution >= 4 is 17.6 Å². The zero-order valence-corrected chi connectivity index (χ0v) is 13.3. The minimum atomic E-state index is -0.672. The van der Waals surface area contributed by atoms with Crippen molar-refractivity contribution in [3.63, 3.8) is 0 Å². The number of carbonyl (C=O) groups excluding carboxylic acids is 2. The van der Waals surface area contributed by atoms with Gasteiger partial charge in [-0.2, -0.15) is 0 Å². The van der Waals surface area contributed by atoms with E-state index in [0.717, 1.165) is 37.5 Å². The van der Waals surface area contributed by atoms with Gasteiger partial charge in [0.1, 0.15) is 11.6 Å². The topological polar surface area (TPSA) is 70.2 Å². The summed E-state index contributed by atoms with van der Waals surface area (Å²) >= 11 is 0. The third kappa shape index (κ3) is 5.98. The number of amides is 3. The summed E-state index contributed by atoms with van der Waals surface area (Å²) in [6.07, 6.45) is 7.51. The molecule has 130 valence electrons. The van der Waals surface area contributed by atoms with Gasteiger partial charge in [0.2, 0.25) is 5.91 Å². The Morgan fingerprint density at radius 3 is 2.75 bits per heavy atom. The van der Waals surface area contributed by atoms with Gasteiger partial charge in [0.15, 0.2) is 0 Å². The molecule has 1 aromatic rings. The molecule has 1 aliphatic rings. The van der Waals surface area contributed by atoms with E-state index < -0.39 is 23.6 Å². The van der Waals surface area contributed by atoms with E-state index >= 15 is 0 Å². The summed E-state index contributed by atoms with van der Waals surface area (Å²) in [6, 6.07) is 2.29. The molecule has 0 fully saturated rings. The van der Waals surface area contributed by atoms with E-state index in [1.54, 1.807) is 0 Å². The molecule has 1 aromatic carbocycles. The summed E-state index contributed by atoms with van der Waals surface area (Å²) < 4.78 is 26.4. The Bertz CT molecular complexity index is 632. The lowest BCUT2D eigenvalue weighted by Gasteiger charge is -2.13. The van der Waals surface area contributed by atoms with Gasteiger partial charge in [-0.25, -0.2) is 13.6 Å². The van der Waals surface area contributed by atoms with Crippen LogP contribution in [0.25, 0.3) is 0 Å². The second-order valence-corrected chi connectivity index (χ2v) is 5.64. The van der Waals surface area contributed by atoms with E-state index in [-0.39, 0.29) is 12.2 Å². The second kappa shape index (κ2) is 9.00. The van der Waals surface area contributed by atoms with Crippen LogP contribution in [0.4, 0.5) is 19.3 Å². The lowest BCUT2D eigenvalue weighted by Crippen LogP contribution is -2.42. The molecule has 24 heavy (non-hydrogen) atoms. The van der Waals surface area contributed by atoms with E-state index in [4.69, 9.17) is 0 Å². The van der Waals surface area contributed by atoms with Crippen LogP contribution in [0, 0.1) is 11.6 Å². The number of imide groups is 1. The number of allylic oxidation sites excluding steroid dienone is 1. The maximum absolute atomic E-state index is 13.4. The van der Waals surface area contributed by atoms with Crippen molar-refractivity contribution in [2.75, 3.05) is 18.4 Å². The number of halogens is 2. The average Bonchev–Trinajstić information content (AvgIpc) is 2.56. The molecule has 0 saturated heterocycles. The Morgan fingerprint density at radius 1 is 1.17 bits per heavy atom. The Labute approximate surface area is 139 Å². The predicted molar refractivity (Wildman–Crippen MR) is 87.6 cm³/mol. The first-order valence-electron chi connectivity index (χ1n) is 7.99. The molecule has 0 spiro atoms. The summed E-state index contributed by atoms with van der Waals surface area (Å²) in [4.78, 5) is 23.2. The van der Waals surface area contributed by atoms with Crippen LogP contribution in [0.15, 0.2) is 29.8 Å². The summed E-state index contributed by atoms with van der Waals surface area (Å²) in [6.45, 7) is 0.121. The van der Waals surface area contributed by atoms with Gasteiger partial charge in [0, 0.05) is 6.54 Å². The zero-order chi connectivity index (χ0) is 17.4. The van der Waals surface area contributed by atoms with Gasteiger partial charge in [0.05, 0.1) is 12.2 Å². The van der Waals surface area contributed by atoms with Gasteiger partial charge in [0.25, 0.3) is 0 Å². The Balaban J connectivity index is 1.67. The normalized spacial score (nSPS) is 13.8. The van der Waals surface area contributed by atoms with Crippen LogP contribution >= 0.6 is 0 Å². The van der Waals surface area contributed by atoms with Crippen LogP contribution < -0.4 is 16.0 Å². The SMILES string of the molecule is O=C(CNc1cc(F)ccc1F)NC(=O)NCCC1=CCCCC1. The smallest absolute Gasteiger partial charge is 0.321 e. The average molecular weight is 337 g/mol. The molecule has 0 aromatic heterocycles. The number of anilines is 1. The van der Waals surface area contributed by atoms with Crippen LogP contribution in [0.5, 0.6) is 0 Å². The van der Waals surface area contributed by atoms with Gasteiger partial charge in [-0.1, -0.05) is 11.6 Å². The van der Waals surface area contributed by atoms with Crippen molar-refractivity contribution in [1.82, 2.24) is 10.6 Å². The largest absolute Gasteiger partial charge is 0.374 e. The summed E-state index contributed by atoms with van der Waals surface area (Å²) in [7, 11) is 0. The predicted octanol–water partition coefficient (Wildman–Crippen LogP) is 3.09. The Hall–Kier alpha value is -2.44. The lowest BCUT2D eigenvalue weighted by atomic mass is 9.97. The summed E-state index contributed by atoms with van der Waals surface area (Å²) in [5.74, 6) is -1.92. The maximum Gasteiger partial charge on any atom is 0.321 e. The summed E-state index contributed by atoms with van der Waals surface area (Å²) in [5, 5.41) is 7.19. The molecule has 0 bridgehead atoms. The molecule has 0 unspecified atom stereocenters. The van der Waals surface area contributed by atoms with Crippen molar-refractivity contribution in [2.45, 2.75) is 32.1 Å². The number of benzene rings is 1. The van der Waals surface area contributed by atoms with E-state index in [2.05, 4.69) is 22.0 Å². The minimum absolute atomic E-state index is 0.130. The fraction of sp³-hybridized carbons (Fsp3) is 0.412. The molecule has 0 aliphatic heterocycles. The monoisotopic (exact) mass is 337 g/mol. The molecule has 5 nitrogen and oxygen atoms in total. The van der Waals surface area contributed by atoms with Gasteiger partial charge < -0.3 is 10.6 Å². The first-order valence-corrected chi connectivity index (χ1v) is 7.99. The molecule has 2 rings (SSSR count). The standard InChI is InChI=1S/C17H21F2N3O2/c18-13-6-7-14(19)15(10-13)21-11-16(23)22-17(24)20-9-8-12-4-2-1-3-5-12/h4,6-7,10,21H,1-3,5,8-9,11H2,(H2,20,22,23,24). The number of urea groups is 1. The lowest BCUT2D eigenvalue weighted by molar-refractivity contribution is -0.118. The van der Waals surface area contributed by atoms with Gasteiger partial charge in [-0.3, -0.25) is 10.1 Å². The van der Waals surface area contributed by atoms with E-state index in [9.17, 15) is 18.4 Å². The van der Waals surface area contributed by atoms with E-state index in [1.165, 1.54) is 18.4 Å². The van der Waals surface area contributed by atoms with Crippen molar-refractivity contribution in [3.05, 3.63) is 41.5 Å². The van der Waals surface area contributed by atoms with Gasteiger partial charge >= 0.3 is 6.03 Å². The highest BCUT2D eigenvalue weighted by atomic mass is 19.1. The molecule has 0 radical (unpaired) electrons. The van der Waals surface area contributed by atoms with Gasteiger partial charge in [-0.15, -0.1) is 0 Å². The van der Waals surface area contributed by atoms with Crippen LogP contribution in [0.1, 0.15) is 32.1 Å². The number of nitrogens with one attached hydrogen (secondary N) is 3. The molecule has 3 amide bonds. The van der Waals surface area contributed by atoms with E-state index in [1.807, 2.05) is 0 Å². The van der Waals surface area contributed by atoms with Crippen molar-refractivity contribution in [3.8, 4) is 0 Å². The first-order chi connectivity index (χ1) is 11.5. The van der Waals surface area contributed by atoms with E-state index in [0.29, 0.717) is 6.54 Å². The second-order valence-electron chi connectivity index (χ2n) is 5.64. The zero-order valence-electron chi connectivity index (χ0n) is 13.3. The molecule has 0 heterocycles. The van der Waals surface area contributed by atoms with Crippen LogP contribution in [-0.4, -0.2) is 25.0 Å². The number of hydrogen-bond donors (Lipinski definition) is 3. The molecular formula is C17H21F2N3O2. The number of hydrogen-bond acceptors (Lipinski definition) is 3. The molecular weight excluding hydrogens is 316 g/mol. The maximum atomic E-state index is 13.4. The van der Waals surface area contributed by atoms with Crippen LogP contribution in [0.2, 0.25) is 0 Å². The molecule has 0 atom stereocenters. The highest BCUT2D eigenvalue weighted by Gasteiger charge is 2.10. The van der Waals surface area contributed by atoms with Crippen molar-refractivity contribution in [1.29, 1.82) is 0 Å².